The van der Waals surface area contributed by atoms with Gasteiger partial charge in [0.05, 0.1) is 5.56 Å². The summed E-state index contributed by atoms with van der Waals surface area (Å²) in [4.78, 5) is 18.3. The molecular weight excluding hydrogens is 372 g/mol. The fourth-order valence-corrected chi connectivity index (χ4v) is 3.96. The lowest BCUT2D eigenvalue weighted by atomic mass is 10.2. The number of carbonyl (C=O) groups is 1. The van der Waals surface area contributed by atoms with Crippen molar-refractivity contribution >= 4 is 17.7 Å². The van der Waals surface area contributed by atoms with E-state index in [9.17, 15) is 4.79 Å². The van der Waals surface area contributed by atoms with Crippen LogP contribution in [0, 0.1) is 13.8 Å². The number of carbonyl (C=O) groups excluding carboxylic acids is 1. The first-order valence-electron chi connectivity index (χ1n) is 8.97. The highest BCUT2D eigenvalue weighted by Gasteiger charge is 2.16. The number of rotatable bonds is 5. The molecule has 1 aromatic heterocycles. The Balaban J connectivity index is 1.49. The second kappa shape index (κ2) is 7.94. The second-order valence-electron chi connectivity index (χ2n) is 6.60. The van der Waals surface area contributed by atoms with E-state index >= 15 is 0 Å². The van der Waals surface area contributed by atoms with Gasteiger partial charge in [-0.25, -0.2) is 4.98 Å². The summed E-state index contributed by atoms with van der Waals surface area (Å²) in [6.07, 6.45) is 1.71. The number of aromatic nitrogens is 1. The summed E-state index contributed by atoms with van der Waals surface area (Å²) < 4.78 is 10.7. The average molecular weight is 392 g/mol. The van der Waals surface area contributed by atoms with Gasteiger partial charge in [-0.05, 0) is 60.9 Å². The molecule has 0 saturated carbocycles. The molecule has 1 aliphatic rings. The van der Waals surface area contributed by atoms with Gasteiger partial charge in [0.15, 0.2) is 11.5 Å². The third-order valence-corrected chi connectivity index (χ3v) is 5.63. The highest BCUT2D eigenvalue weighted by molar-refractivity contribution is 7.99. The molecule has 0 radical (unpaired) electrons. The number of hydrogen-bond donors (Lipinski definition) is 1. The highest BCUT2D eigenvalue weighted by Crippen LogP contribution is 2.33. The minimum absolute atomic E-state index is 0.154. The fourth-order valence-electron chi connectivity index (χ4n) is 2.89. The third-order valence-electron chi connectivity index (χ3n) is 4.46. The van der Waals surface area contributed by atoms with Crippen LogP contribution in [0.5, 0.6) is 11.5 Å². The van der Waals surface area contributed by atoms with E-state index in [2.05, 4.69) is 42.3 Å². The van der Waals surface area contributed by atoms with Crippen LogP contribution in [0.1, 0.15) is 27.0 Å². The molecule has 0 fully saturated rings. The van der Waals surface area contributed by atoms with Crippen LogP contribution in [0.3, 0.4) is 0 Å². The van der Waals surface area contributed by atoms with Gasteiger partial charge in [0, 0.05) is 17.6 Å². The maximum absolute atomic E-state index is 12.8. The normalized spacial score (nSPS) is 12.1. The van der Waals surface area contributed by atoms with Crippen LogP contribution >= 0.6 is 11.8 Å². The van der Waals surface area contributed by atoms with Crippen molar-refractivity contribution in [2.45, 2.75) is 30.3 Å². The van der Waals surface area contributed by atoms with Crippen molar-refractivity contribution in [1.29, 1.82) is 0 Å². The van der Waals surface area contributed by atoms with Crippen LogP contribution in [-0.2, 0) is 6.54 Å². The number of fused-ring (bicyclic) bond motifs is 1. The van der Waals surface area contributed by atoms with Crippen LogP contribution in [-0.4, -0.2) is 17.7 Å². The van der Waals surface area contributed by atoms with Crippen LogP contribution in [0.2, 0.25) is 0 Å². The van der Waals surface area contributed by atoms with Crippen molar-refractivity contribution in [3.63, 3.8) is 0 Å². The minimum atomic E-state index is -0.154. The van der Waals surface area contributed by atoms with E-state index in [1.54, 1.807) is 18.3 Å². The lowest BCUT2D eigenvalue weighted by molar-refractivity contribution is 0.0947. The van der Waals surface area contributed by atoms with Crippen LogP contribution in [0.4, 0.5) is 0 Å². The lowest BCUT2D eigenvalue weighted by Gasteiger charge is -2.11. The Labute approximate surface area is 168 Å². The van der Waals surface area contributed by atoms with E-state index in [-0.39, 0.29) is 12.7 Å². The molecule has 0 saturated heterocycles. The predicted octanol–water partition coefficient (Wildman–Crippen LogP) is 4.51. The summed E-state index contributed by atoms with van der Waals surface area (Å²) >= 11 is 1.51. The quantitative estimate of drug-likeness (QED) is 0.692. The van der Waals surface area contributed by atoms with Crippen molar-refractivity contribution in [3.8, 4) is 11.5 Å². The zero-order chi connectivity index (χ0) is 19.5. The van der Waals surface area contributed by atoms with Crippen molar-refractivity contribution in [1.82, 2.24) is 10.3 Å². The van der Waals surface area contributed by atoms with Crippen LogP contribution < -0.4 is 14.8 Å². The van der Waals surface area contributed by atoms with Gasteiger partial charge < -0.3 is 14.8 Å². The summed E-state index contributed by atoms with van der Waals surface area (Å²) in [7, 11) is 0. The first kappa shape index (κ1) is 18.4. The SMILES string of the molecule is Cc1ccc(C)c(Sc2ncccc2C(=O)NCc2ccc3c(c2)OCO3)c1. The summed E-state index contributed by atoms with van der Waals surface area (Å²) in [5.74, 6) is 1.28. The van der Waals surface area contributed by atoms with Gasteiger partial charge in [-0.15, -0.1) is 0 Å². The first-order valence-corrected chi connectivity index (χ1v) is 9.78. The van der Waals surface area contributed by atoms with Gasteiger partial charge in [0.2, 0.25) is 6.79 Å². The maximum Gasteiger partial charge on any atom is 0.254 e. The molecule has 0 aliphatic carbocycles. The number of aryl methyl sites for hydroxylation is 2. The zero-order valence-electron chi connectivity index (χ0n) is 15.7. The van der Waals surface area contributed by atoms with E-state index in [0.717, 1.165) is 21.8 Å². The van der Waals surface area contributed by atoms with Crippen molar-refractivity contribution in [2.24, 2.45) is 0 Å². The van der Waals surface area contributed by atoms with Crippen LogP contribution in [0.25, 0.3) is 0 Å². The molecule has 28 heavy (non-hydrogen) atoms. The Bertz CT molecular complexity index is 1040. The molecule has 0 spiro atoms. The zero-order valence-corrected chi connectivity index (χ0v) is 16.5. The molecule has 4 rings (SSSR count). The Morgan fingerprint density at radius 1 is 1.11 bits per heavy atom. The van der Waals surface area contributed by atoms with Gasteiger partial charge in [-0.1, -0.05) is 30.0 Å². The molecule has 0 unspecified atom stereocenters. The fraction of sp³-hybridized carbons (Fsp3) is 0.182. The number of amides is 1. The van der Waals surface area contributed by atoms with Crippen molar-refractivity contribution < 1.29 is 14.3 Å². The highest BCUT2D eigenvalue weighted by atomic mass is 32.2. The minimum Gasteiger partial charge on any atom is -0.454 e. The Morgan fingerprint density at radius 2 is 1.96 bits per heavy atom. The molecule has 0 bridgehead atoms. The number of hydrogen-bond acceptors (Lipinski definition) is 5. The summed E-state index contributed by atoms with van der Waals surface area (Å²) in [6, 6.07) is 15.5. The summed E-state index contributed by atoms with van der Waals surface area (Å²) in [6.45, 7) is 4.75. The van der Waals surface area contributed by atoms with Crippen molar-refractivity contribution in [3.05, 3.63) is 77.0 Å². The number of benzene rings is 2. The molecule has 142 valence electrons. The predicted molar refractivity (Wildman–Crippen MR) is 108 cm³/mol. The molecule has 2 aromatic carbocycles. The molecule has 3 aromatic rings. The molecule has 1 amide bonds. The largest absolute Gasteiger partial charge is 0.454 e. The Hall–Kier alpha value is -2.99. The van der Waals surface area contributed by atoms with Gasteiger partial charge in [-0.3, -0.25) is 4.79 Å². The average Bonchev–Trinajstić information content (AvgIpc) is 3.17. The third kappa shape index (κ3) is 3.97. The Kier molecular flexibility index (Phi) is 5.21. The molecule has 0 atom stereocenters. The number of nitrogens with one attached hydrogen (secondary N) is 1. The summed E-state index contributed by atoms with van der Waals surface area (Å²) in [5, 5.41) is 3.66. The molecule has 1 N–H and O–H groups in total. The van der Waals surface area contributed by atoms with Gasteiger partial charge in [-0.2, -0.15) is 0 Å². The molecular formula is C22H20N2O3S. The van der Waals surface area contributed by atoms with Crippen LogP contribution in [0.15, 0.2) is 64.6 Å². The van der Waals surface area contributed by atoms with E-state index in [4.69, 9.17) is 9.47 Å². The van der Waals surface area contributed by atoms with Gasteiger partial charge >= 0.3 is 0 Å². The first-order chi connectivity index (χ1) is 13.6. The molecule has 2 heterocycles. The Morgan fingerprint density at radius 3 is 2.86 bits per heavy atom. The maximum atomic E-state index is 12.8. The van der Waals surface area contributed by atoms with E-state index in [1.807, 2.05) is 18.2 Å². The van der Waals surface area contributed by atoms with E-state index in [0.29, 0.717) is 22.9 Å². The second-order valence-corrected chi connectivity index (χ2v) is 7.63. The summed E-state index contributed by atoms with van der Waals surface area (Å²) in [5.41, 5.74) is 3.85. The smallest absolute Gasteiger partial charge is 0.254 e. The number of ether oxygens (including phenoxy) is 2. The lowest BCUT2D eigenvalue weighted by Crippen LogP contribution is -2.23. The van der Waals surface area contributed by atoms with Gasteiger partial charge in [0.1, 0.15) is 5.03 Å². The number of pyridine rings is 1. The number of nitrogens with zero attached hydrogens (tertiary/aromatic N) is 1. The standard InChI is InChI=1S/C22H20N2O3S/c1-14-5-6-15(2)20(10-14)28-22-17(4-3-9-23-22)21(25)24-12-16-7-8-18-19(11-16)27-13-26-18/h3-11H,12-13H2,1-2H3,(H,24,25). The topological polar surface area (TPSA) is 60.5 Å². The monoisotopic (exact) mass is 392 g/mol. The molecule has 5 nitrogen and oxygen atoms in total. The van der Waals surface area contributed by atoms with Crippen molar-refractivity contribution in [2.75, 3.05) is 6.79 Å². The van der Waals surface area contributed by atoms with E-state index < -0.39 is 0 Å². The molecule has 1 aliphatic heterocycles. The van der Waals surface area contributed by atoms with E-state index in [1.165, 1.54) is 17.3 Å². The molecule has 6 heteroatoms. The van der Waals surface area contributed by atoms with Gasteiger partial charge in [0.25, 0.3) is 5.91 Å².